The summed E-state index contributed by atoms with van der Waals surface area (Å²) in [6.07, 6.45) is 1.92. The van der Waals surface area contributed by atoms with Crippen molar-refractivity contribution in [3.63, 3.8) is 0 Å². The van der Waals surface area contributed by atoms with Gasteiger partial charge < -0.3 is 9.16 Å². The number of carbonyl (C=O) groups is 1. The summed E-state index contributed by atoms with van der Waals surface area (Å²) in [6.45, 7) is 19.6. The molecule has 0 aromatic heterocycles. The van der Waals surface area contributed by atoms with Crippen LogP contribution in [0, 0.1) is 11.3 Å². The lowest BCUT2D eigenvalue weighted by atomic mass is 10.0. The van der Waals surface area contributed by atoms with Gasteiger partial charge in [0.1, 0.15) is 5.60 Å². The summed E-state index contributed by atoms with van der Waals surface area (Å²) in [5.74, 6) is 0.345. The lowest BCUT2D eigenvalue weighted by Crippen LogP contribution is -2.44. The maximum atomic E-state index is 12.6. The van der Waals surface area contributed by atoms with Crippen molar-refractivity contribution in [1.29, 1.82) is 0 Å². The molecule has 4 heteroatoms. The van der Waals surface area contributed by atoms with Crippen molar-refractivity contribution in [2.75, 3.05) is 6.61 Å². The number of hydrogen-bond donors (Lipinski definition) is 0. The molecular formula is C17H34O3Si. The summed E-state index contributed by atoms with van der Waals surface area (Å²) in [4.78, 5) is 12.6. The van der Waals surface area contributed by atoms with E-state index in [2.05, 4.69) is 40.8 Å². The number of ether oxygens (including phenoxy) is 1. The second-order valence-corrected chi connectivity index (χ2v) is 13.8. The average Bonchev–Trinajstić information content (AvgIpc) is 2.98. The van der Waals surface area contributed by atoms with Gasteiger partial charge in [0, 0.05) is 0 Å². The van der Waals surface area contributed by atoms with E-state index in [1.807, 2.05) is 20.8 Å². The fourth-order valence-electron chi connectivity index (χ4n) is 2.31. The van der Waals surface area contributed by atoms with Gasteiger partial charge in [-0.2, -0.15) is 0 Å². The van der Waals surface area contributed by atoms with Gasteiger partial charge >= 0.3 is 5.97 Å². The molecule has 1 fully saturated rings. The molecule has 1 saturated carbocycles. The number of hydrogen-bond acceptors (Lipinski definition) is 3. The van der Waals surface area contributed by atoms with E-state index >= 15 is 0 Å². The Kier molecular flexibility index (Phi) is 5.07. The normalized spacial score (nSPS) is 26.6. The van der Waals surface area contributed by atoms with Crippen LogP contribution in [0.15, 0.2) is 0 Å². The monoisotopic (exact) mass is 314 g/mol. The Balaban J connectivity index is 2.78. The lowest BCUT2D eigenvalue weighted by molar-refractivity contribution is -0.164. The summed E-state index contributed by atoms with van der Waals surface area (Å²) in [7, 11) is -1.83. The lowest BCUT2D eigenvalue weighted by Gasteiger charge is -2.37. The zero-order valence-electron chi connectivity index (χ0n) is 15.4. The molecule has 2 atom stereocenters. The van der Waals surface area contributed by atoms with Crippen LogP contribution in [0.2, 0.25) is 18.1 Å². The number of esters is 1. The zero-order chi connectivity index (χ0) is 16.7. The van der Waals surface area contributed by atoms with Crippen molar-refractivity contribution in [2.24, 2.45) is 11.3 Å². The SMILES string of the molecule is CC[C@H]1C[C@@]1(CO[Si](C)(C)C(C)(C)C)C(=O)OC(C)(C)C. The van der Waals surface area contributed by atoms with Crippen LogP contribution < -0.4 is 0 Å². The first-order valence-corrected chi connectivity index (χ1v) is 11.0. The van der Waals surface area contributed by atoms with E-state index in [9.17, 15) is 4.79 Å². The summed E-state index contributed by atoms with van der Waals surface area (Å²) < 4.78 is 12.0. The van der Waals surface area contributed by atoms with E-state index in [-0.39, 0.29) is 11.0 Å². The van der Waals surface area contributed by atoms with E-state index < -0.39 is 19.3 Å². The molecule has 1 aliphatic carbocycles. The molecule has 3 nitrogen and oxygen atoms in total. The highest BCUT2D eigenvalue weighted by Crippen LogP contribution is 2.56. The molecule has 0 aliphatic heterocycles. The maximum Gasteiger partial charge on any atom is 0.315 e. The van der Waals surface area contributed by atoms with Gasteiger partial charge in [0.05, 0.1) is 12.0 Å². The highest BCUT2D eigenvalue weighted by Gasteiger charge is 2.61. The van der Waals surface area contributed by atoms with Gasteiger partial charge in [-0.1, -0.05) is 34.1 Å². The van der Waals surface area contributed by atoms with E-state index in [1.165, 1.54) is 0 Å². The molecule has 0 aromatic carbocycles. The fraction of sp³-hybridized carbons (Fsp3) is 0.941. The first-order chi connectivity index (χ1) is 9.25. The summed E-state index contributed by atoms with van der Waals surface area (Å²) >= 11 is 0. The standard InChI is InChI=1S/C17H34O3Si/c1-10-13-11-17(13,14(18)20-15(2,3)4)12-19-21(8,9)16(5,6)7/h13H,10-12H2,1-9H3/t13-,17-/m0/s1. The molecule has 0 N–H and O–H groups in total. The molecule has 0 aromatic rings. The molecule has 0 spiro atoms. The van der Waals surface area contributed by atoms with Crippen LogP contribution in [0.1, 0.15) is 61.3 Å². The summed E-state index contributed by atoms with van der Waals surface area (Å²) in [5, 5.41) is 0.165. The number of carbonyl (C=O) groups excluding carboxylic acids is 1. The Morgan fingerprint density at radius 1 is 1.19 bits per heavy atom. The molecule has 0 heterocycles. The van der Waals surface area contributed by atoms with Crippen LogP contribution in [0.5, 0.6) is 0 Å². The molecule has 1 rings (SSSR count). The molecular weight excluding hydrogens is 280 g/mol. The van der Waals surface area contributed by atoms with Crippen LogP contribution >= 0.6 is 0 Å². The summed E-state index contributed by atoms with van der Waals surface area (Å²) in [5.41, 5.74) is -0.820. The fourth-order valence-corrected chi connectivity index (χ4v) is 3.36. The van der Waals surface area contributed by atoms with Crippen molar-refractivity contribution < 1.29 is 14.0 Å². The Morgan fingerprint density at radius 2 is 1.71 bits per heavy atom. The average molecular weight is 315 g/mol. The highest BCUT2D eigenvalue weighted by atomic mass is 28.4. The second-order valence-electron chi connectivity index (χ2n) is 9.02. The van der Waals surface area contributed by atoms with Gasteiger partial charge in [0.25, 0.3) is 0 Å². The van der Waals surface area contributed by atoms with E-state index in [4.69, 9.17) is 9.16 Å². The minimum Gasteiger partial charge on any atom is -0.459 e. The summed E-state index contributed by atoms with van der Waals surface area (Å²) in [6, 6.07) is 0. The van der Waals surface area contributed by atoms with E-state index in [0.717, 1.165) is 12.8 Å². The smallest absolute Gasteiger partial charge is 0.315 e. The first kappa shape index (κ1) is 18.7. The maximum absolute atomic E-state index is 12.6. The number of rotatable bonds is 5. The van der Waals surface area contributed by atoms with Crippen molar-refractivity contribution in [3.8, 4) is 0 Å². The Bertz CT molecular complexity index is 390. The van der Waals surface area contributed by atoms with Crippen molar-refractivity contribution in [2.45, 2.75) is 85.0 Å². The minimum atomic E-state index is -1.83. The predicted molar refractivity (Wildman–Crippen MR) is 89.8 cm³/mol. The van der Waals surface area contributed by atoms with E-state index in [0.29, 0.717) is 12.5 Å². The third kappa shape index (κ3) is 4.32. The third-order valence-electron chi connectivity index (χ3n) is 5.03. The van der Waals surface area contributed by atoms with Gasteiger partial charge in [-0.3, -0.25) is 4.79 Å². The van der Waals surface area contributed by atoms with Gasteiger partial charge in [-0.25, -0.2) is 0 Å². The van der Waals surface area contributed by atoms with Crippen molar-refractivity contribution >= 4 is 14.3 Å². The van der Waals surface area contributed by atoms with Crippen LogP contribution in [0.25, 0.3) is 0 Å². The molecule has 21 heavy (non-hydrogen) atoms. The Labute approximate surface area is 131 Å². The Morgan fingerprint density at radius 3 is 2.05 bits per heavy atom. The molecule has 1 aliphatic rings. The molecule has 0 radical (unpaired) electrons. The van der Waals surface area contributed by atoms with Crippen LogP contribution in [0.4, 0.5) is 0 Å². The van der Waals surface area contributed by atoms with Crippen LogP contribution in [0.3, 0.4) is 0 Å². The van der Waals surface area contributed by atoms with E-state index in [1.54, 1.807) is 0 Å². The molecule has 0 amide bonds. The molecule has 124 valence electrons. The Hall–Kier alpha value is -0.353. The third-order valence-corrected chi connectivity index (χ3v) is 9.51. The van der Waals surface area contributed by atoms with Gasteiger partial charge in [-0.05, 0) is 51.2 Å². The van der Waals surface area contributed by atoms with Crippen LogP contribution in [-0.4, -0.2) is 26.5 Å². The zero-order valence-corrected chi connectivity index (χ0v) is 16.4. The van der Waals surface area contributed by atoms with Gasteiger partial charge in [0.15, 0.2) is 8.32 Å². The molecule has 0 unspecified atom stereocenters. The second kappa shape index (κ2) is 5.69. The molecule has 0 saturated heterocycles. The predicted octanol–water partition coefficient (Wildman–Crippen LogP) is 4.77. The van der Waals surface area contributed by atoms with Gasteiger partial charge in [0.2, 0.25) is 0 Å². The highest BCUT2D eigenvalue weighted by molar-refractivity contribution is 6.74. The first-order valence-electron chi connectivity index (χ1n) is 8.12. The largest absolute Gasteiger partial charge is 0.459 e. The molecule has 0 bridgehead atoms. The van der Waals surface area contributed by atoms with Crippen LogP contribution in [-0.2, 0) is 14.0 Å². The quantitative estimate of drug-likeness (QED) is 0.542. The van der Waals surface area contributed by atoms with Crippen molar-refractivity contribution in [1.82, 2.24) is 0 Å². The van der Waals surface area contributed by atoms with Gasteiger partial charge in [-0.15, -0.1) is 0 Å². The van der Waals surface area contributed by atoms with Crippen molar-refractivity contribution in [3.05, 3.63) is 0 Å². The minimum absolute atomic E-state index is 0.0689. The topological polar surface area (TPSA) is 35.5 Å².